The zero-order valence-corrected chi connectivity index (χ0v) is 18.4. The van der Waals surface area contributed by atoms with Gasteiger partial charge in [-0.1, -0.05) is 44.1 Å². The summed E-state index contributed by atoms with van der Waals surface area (Å²) in [6.45, 7) is 5.92. The number of nitrogens with zero attached hydrogens (tertiary/aromatic N) is 2. The molecule has 2 N–H and O–H groups in total. The molecule has 1 aromatic carbocycles. The summed E-state index contributed by atoms with van der Waals surface area (Å²) in [7, 11) is 1.57. The zero-order chi connectivity index (χ0) is 21.4. The molecule has 7 nitrogen and oxygen atoms in total. The van der Waals surface area contributed by atoms with E-state index in [0.29, 0.717) is 23.0 Å². The van der Waals surface area contributed by atoms with Crippen molar-refractivity contribution in [3.05, 3.63) is 41.2 Å². The molecule has 9 heteroatoms. The first kappa shape index (κ1) is 23.0. The number of amides is 2. The molecule has 0 spiro atoms. The molecule has 0 fully saturated rings. The summed E-state index contributed by atoms with van der Waals surface area (Å²) in [6, 6.07) is 6.23. The van der Waals surface area contributed by atoms with Crippen molar-refractivity contribution < 1.29 is 14.3 Å². The van der Waals surface area contributed by atoms with Gasteiger partial charge in [0.25, 0.3) is 5.91 Å². The van der Waals surface area contributed by atoms with Crippen LogP contribution in [0.4, 0.5) is 5.69 Å². The summed E-state index contributed by atoms with van der Waals surface area (Å²) in [6.07, 6.45) is 1.86. The molecule has 29 heavy (non-hydrogen) atoms. The number of nitrogens with one attached hydrogen (secondary N) is 2. The predicted octanol–water partition coefficient (Wildman–Crippen LogP) is 4.03. The third-order valence-corrected chi connectivity index (χ3v) is 4.92. The van der Waals surface area contributed by atoms with Crippen molar-refractivity contribution in [2.75, 3.05) is 18.2 Å². The number of carbonyl (C=O) groups excluding carboxylic acids is 2. The van der Waals surface area contributed by atoms with Crippen molar-refractivity contribution in [2.24, 2.45) is 5.92 Å². The first-order chi connectivity index (χ1) is 13.8. The summed E-state index contributed by atoms with van der Waals surface area (Å²) < 4.78 is 5.12. The van der Waals surface area contributed by atoms with Gasteiger partial charge >= 0.3 is 0 Å². The zero-order valence-electron chi connectivity index (χ0n) is 16.9. The Balaban J connectivity index is 2.15. The van der Waals surface area contributed by atoms with Gasteiger partial charge < -0.3 is 15.4 Å². The van der Waals surface area contributed by atoms with Crippen LogP contribution in [0.25, 0.3) is 0 Å². The number of thioether (sulfide) groups is 1. The maximum atomic E-state index is 12.8. The minimum absolute atomic E-state index is 0.0589. The Labute approximate surface area is 180 Å². The van der Waals surface area contributed by atoms with E-state index in [1.807, 2.05) is 20.8 Å². The number of carbonyl (C=O) groups is 2. The topological polar surface area (TPSA) is 93.2 Å². The number of rotatable bonds is 9. The van der Waals surface area contributed by atoms with Gasteiger partial charge in [-0.25, -0.2) is 9.97 Å². The van der Waals surface area contributed by atoms with Crippen LogP contribution in [0, 0.1) is 5.92 Å². The van der Waals surface area contributed by atoms with E-state index >= 15 is 0 Å². The minimum atomic E-state index is -0.738. The summed E-state index contributed by atoms with van der Waals surface area (Å²) in [5.74, 6) is 0.822. The molecule has 0 saturated carbocycles. The quantitative estimate of drug-likeness (QED) is 0.455. The molecular weight excluding hydrogens is 412 g/mol. The van der Waals surface area contributed by atoms with Crippen molar-refractivity contribution in [1.29, 1.82) is 0 Å². The molecule has 2 aromatic rings. The molecule has 0 aliphatic rings. The second-order valence-corrected chi connectivity index (χ2v) is 8.29. The molecule has 0 saturated heterocycles. The Hall–Kier alpha value is -2.32. The number of anilines is 1. The molecule has 0 radical (unpaired) electrons. The van der Waals surface area contributed by atoms with Crippen LogP contribution >= 0.6 is 23.4 Å². The second kappa shape index (κ2) is 11.0. The van der Waals surface area contributed by atoms with Crippen LogP contribution in [0.2, 0.25) is 5.02 Å². The van der Waals surface area contributed by atoms with Gasteiger partial charge in [-0.05, 0) is 42.4 Å². The third kappa shape index (κ3) is 6.90. The van der Waals surface area contributed by atoms with Crippen molar-refractivity contribution in [3.63, 3.8) is 0 Å². The molecule has 1 atom stereocenters. The van der Waals surface area contributed by atoms with Crippen LogP contribution in [-0.4, -0.2) is 40.7 Å². The van der Waals surface area contributed by atoms with E-state index in [1.54, 1.807) is 31.4 Å². The maximum absolute atomic E-state index is 12.8. The first-order valence-corrected chi connectivity index (χ1v) is 10.6. The van der Waals surface area contributed by atoms with Gasteiger partial charge in [-0.15, -0.1) is 0 Å². The molecule has 1 aromatic heterocycles. The van der Waals surface area contributed by atoms with E-state index < -0.39 is 11.9 Å². The van der Waals surface area contributed by atoms with Gasteiger partial charge in [0.2, 0.25) is 5.91 Å². The lowest BCUT2D eigenvalue weighted by molar-refractivity contribution is -0.118. The van der Waals surface area contributed by atoms with Gasteiger partial charge in [0.1, 0.15) is 11.8 Å². The number of halogens is 1. The van der Waals surface area contributed by atoms with Gasteiger partial charge in [-0.3, -0.25) is 9.59 Å². The van der Waals surface area contributed by atoms with Crippen LogP contribution in [0.1, 0.15) is 37.7 Å². The number of hydrogen-bond donors (Lipinski definition) is 2. The highest BCUT2D eigenvalue weighted by molar-refractivity contribution is 7.99. The Morgan fingerprint density at radius 2 is 1.93 bits per heavy atom. The fourth-order valence-corrected chi connectivity index (χ4v) is 3.26. The van der Waals surface area contributed by atoms with E-state index in [2.05, 4.69) is 20.6 Å². The van der Waals surface area contributed by atoms with E-state index in [4.69, 9.17) is 16.3 Å². The van der Waals surface area contributed by atoms with Gasteiger partial charge in [-0.2, -0.15) is 0 Å². The second-order valence-electron chi connectivity index (χ2n) is 6.66. The number of methoxy groups -OCH3 is 1. The lowest BCUT2D eigenvalue weighted by Crippen LogP contribution is -2.45. The number of ether oxygens (including phenoxy) is 1. The molecule has 0 unspecified atom stereocenters. The molecular formula is C20H25ClN4O3S. The number of aromatic nitrogens is 2. The molecule has 0 bridgehead atoms. The average Bonchev–Trinajstić information content (AvgIpc) is 2.69. The summed E-state index contributed by atoms with van der Waals surface area (Å²) in [5, 5.41) is 6.18. The smallest absolute Gasteiger partial charge is 0.272 e. The highest BCUT2D eigenvalue weighted by Gasteiger charge is 2.25. The van der Waals surface area contributed by atoms with Crippen molar-refractivity contribution >= 4 is 40.9 Å². The normalized spacial score (nSPS) is 11.8. The number of hydrogen-bond acceptors (Lipinski definition) is 6. The minimum Gasteiger partial charge on any atom is -0.497 e. The van der Waals surface area contributed by atoms with E-state index in [-0.39, 0.29) is 22.5 Å². The SMILES string of the molecule is CCSc1ncc(Cl)c(C(=O)N[C@@H](CC(C)C)C(=O)Nc2ccc(OC)cc2)n1. The third-order valence-electron chi connectivity index (χ3n) is 3.90. The van der Waals surface area contributed by atoms with Crippen molar-refractivity contribution in [1.82, 2.24) is 15.3 Å². The van der Waals surface area contributed by atoms with Crippen LogP contribution in [0.3, 0.4) is 0 Å². The lowest BCUT2D eigenvalue weighted by Gasteiger charge is -2.20. The van der Waals surface area contributed by atoms with Gasteiger partial charge in [0, 0.05) is 5.69 Å². The molecule has 2 amide bonds. The fraction of sp³-hybridized carbons (Fsp3) is 0.400. The predicted molar refractivity (Wildman–Crippen MR) is 116 cm³/mol. The highest BCUT2D eigenvalue weighted by atomic mass is 35.5. The largest absolute Gasteiger partial charge is 0.497 e. The van der Waals surface area contributed by atoms with Gasteiger partial charge in [0.15, 0.2) is 10.9 Å². The number of benzene rings is 1. The molecule has 2 rings (SSSR count). The summed E-state index contributed by atoms with van der Waals surface area (Å²) in [5.41, 5.74) is 0.670. The average molecular weight is 437 g/mol. The Bertz CT molecular complexity index is 846. The Morgan fingerprint density at radius 3 is 2.52 bits per heavy atom. The Morgan fingerprint density at radius 1 is 1.24 bits per heavy atom. The summed E-state index contributed by atoms with van der Waals surface area (Å²) >= 11 is 7.52. The first-order valence-electron chi connectivity index (χ1n) is 9.25. The standard InChI is InChI=1S/C20H25ClN4O3S/c1-5-29-20-22-11-15(21)17(25-20)19(27)24-16(10-12(2)3)18(26)23-13-6-8-14(28-4)9-7-13/h6-9,11-12,16H,5,10H2,1-4H3,(H,23,26)(H,24,27)/t16-/m0/s1. The van der Waals surface area contributed by atoms with Gasteiger partial charge in [0.05, 0.1) is 18.3 Å². The lowest BCUT2D eigenvalue weighted by atomic mass is 10.0. The fourth-order valence-electron chi connectivity index (χ4n) is 2.54. The molecule has 0 aliphatic carbocycles. The van der Waals surface area contributed by atoms with E-state index in [9.17, 15) is 9.59 Å². The Kier molecular flexibility index (Phi) is 8.72. The highest BCUT2D eigenvalue weighted by Crippen LogP contribution is 2.19. The molecule has 156 valence electrons. The van der Waals surface area contributed by atoms with Crippen molar-refractivity contribution in [2.45, 2.75) is 38.4 Å². The van der Waals surface area contributed by atoms with Crippen LogP contribution in [-0.2, 0) is 4.79 Å². The van der Waals surface area contributed by atoms with Crippen molar-refractivity contribution in [3.8, 4) is 5.75 Å². The summed E-state index contributed by atoms with van der Waals surface area (Å²) in [4.78, 5) is 33.9. The van der Waals surface area contributed by atoms with E-state index in [1.165, 1.54) is 18.0 Å². The maximum Gasteiger partial charge on any atom is 0.272 e. The molecule has 1 heterocycles. The molecule has 0 aliphatic heterocycles. The van der Waals surface area contributed by atoms with Crippen LogP contribution in [0.5, 0.6) is 5.75 Å². The van der Waals surface area contributed by atoms with Crippen LogP contribution < -0.4 is 15.4 Å². The van der Waals surface area contributed by atoms with E-state index in [0.717, 1.165) is 5.75 Å². The monoisotopic (exact) mass is 436 g/mol. The van der Waals surface area contributed by atoms with Crippen LogP contribution in [0.15, 0.2) is 35.6 Å².